The van der Waals surface area contributed by atoms with E-state index in [1.54, 1.807) is 12.1 Å². The molecular formula is C13H16Cl2O3. The van der Waals surface area contributed by atoms with Gasteiger partial charge in [0.15, 0.2) is 6.10 Å². The maximum Gasteiger partial charge on any atom is 0.344 e. The molecule has 0 aliphatic rings. The van der Waals surface area contributed by atoms with Crippen molar-refractivity contribution in [2.75, 3.05) is 0 Å². The van der Waals surface area contributed by atoms with Crippen LogP contribution in [0.25, 0.3) is 0 Å². The van der Waals surface area contributed by atoms with Gasteiger partial charge in [0.05, 0.1) is 5.02 Å². The first-order valence-electron chi connectivity index (χ1n) is 5.89. The standard InChI is InChI=1S/C13H16Cl2O3/c1-2-3-4-5-12(13(16)17)18-11-7-6-9(14)8-10(11)15/h6-8,12H,2-5H2,1H3,(H,16,17). The molecule has 0 spiro atoms. The topological polar surface area (TPSA) is 46.5 Å². The number of rotatable bonds is 7. The zero-order valence-electron chi connectivity index (χ0n) is 10.2. The van der Waals surface area contributed by atoms with Gasteiger partial charge in [0.2, 0.25) is 0 Å². The molecule has 1 aromatic carbocycles. The van der Waals surface area contributed by atoms with Gasteiger partial charge in [-0.3, -0.25) is 0 Å². The lowest BCUT2D eigenvalue weighted by Crippen LogP contribution is -2.27. The number of halogens is 2. The van der Waals surface area contributed by atoms with Crippen molar-refractivity contribution >= 4 is 29.2 Å². The van der Waals surface area contributed by atoms with Crippen LogP contribution in [0.15, 0.2) is 18.2 Å². The summed E-state index contributed by atoms with van der Waals surface area (Å²) in [5, 5.41) is 9.90. The molecule has 1 rings (SSSR count). The molecule has 18 heavy (non-hydrogen) atoms. The molecule has 0 aliphatic heterocycles. The van der Waals surface area contributed by atoms with Gasteiger partial charge in [-0.15, -0.1) is 0 Å². The quantitative estimate of drug-likeness (QED) is 0.757. The third-order valence-electron chi connectivity index (χ3n) is 2.51. The van der Waals surface area contributed by atoms with Crippen LogP contribution in [-0.2, 0) is 4.79 Å². The molecule has 100 valence electrons. The summed E-state index contributed by atoms with van der Waals surface area (Å²) in [5.74, 6) is -0.623. The van der Waals surface area contributed by atoms with Gasteiger partial charge in [0, 0.05) is 5.02 Å². The molecule has 1 aromatic rings. The van der Waals surface area contributed by atoms with Crippen molar-refractivity contribution in [1.82, 2.24) is 0 Å². The molecular weight excluding hydrogens is 275 g/mol. The summed E-state index contributed by atoms with van der Waals surface area (Å²) in [4.78, 5) is 11.1. The molecule has 1 unspecified atom stereocenters. The van der Waals surface area contributed by atoms with Gasteiger partial charge < -0.3 is 9.84 Å². The van der Waals surface area contributed by atoms with E-state index in [1.807, 2.05) is 0 Å². The summed E-state index contributed by atoms with van der Waals surface area (Å²) in [5.41, 5.74) is 0. The molecule has 0 aliphatic carbocycles. The Morgan fingerprint density at radius 3 is 2.67 bits per heavy atom. The first-order chi connectivity index (χ1) is 8.54. The predicted molar refractivity (Wildman–Crippen MR) is 72.7 cm³/mol. The minimum absolute atomic E-state index is 0.323. The highest BCUT2D eigenvalue weighted by Crippen LogP contribution is 2.29. The van der Waals surface area contributed by atoms with Crippen molar-refractivity contribution in [1.29, 1.82) is 0 Å². The van der Waals surface area contributed by atoms with Crippen LogP contribution in [0, 0.1) is 0 Å². The van der Waals surface area contributed by atoms with Crippen LogP contribution in [-0.4, -0.2) is 17.2 Å². The van der Waals surface area contributed by atoms with E-state index < -0.39 is 12.1 Å². The third-order valence-corrected chi connectivity index (χ3v) is 3.04. The van der Waals surface area contributed by atoms with Crippen LogP contribution >= 0.6 is 23.2 Å². The zero-order chi connectivity index (χ0) is 13.5. The number of hydrogen-bond acceptors (Lipinski definition) is 2. The Labute approximate surface area is 117 Å². The summed E-state index contributed by atoms with van der Waals surface area (Å²) >= 11 is 11.7. The number of hydrogen-bond donors (Lipinski definition) is 1. The molecule has 0 saturated carbocycles. The van der Waals surface area contributed by atoms with Gasteiger partial charge in [0.25, 0.3) is 0 Å². The lowest BCUT2D eigenvalue weighted by molar-refractivity contribution is -0.145. The number of ether oxygens (including phenoxy) is 1. The molecule has 3 nitrogen and oxygen atoms in total. The number of carboxylic acid groups (broad SMARTS) is 1. The van der Waals surface area contributed by atoms with Crippen LogP contribution in [0.2, 0.25) is 10.0 Å². The van der Waals surface area contributed by atoms with Gasteiger partial charge in [-0.05, 0) is 31.0 Å². The highest BCUT2D eigenvalue weighted by Gasteiger charge is 2.20. The van der Waals surface area contributed by atoms with Gasteiger partial charge in [-0.1, -0.05) is 43.0 Å². The fraction of sp³-hybridized carbons (Fsp3) is 0.462. The Morgan fingerprint density at radius 1 is 1.39 bits per heavy atom. The molecule has 5 heteroatoms. The maximum absolute atomic E-state index is 11.1. The highest BCUT2D eigenvalue weighted by atomic mass is 35.5. The molecule has 1 N–H and O–H groups in total. The second kappa shape index (κ2) is 7.49. The van der Waals surface area contributed by atoms with Crippen molar-refractivity contribution in [3.8, 4) is 5.75 Å². The van der Waals surface area contributed by atoms with Gasteiger partial charge >= 0.3 is 5.97 Å². The summed E-state index contributed by atoms with van der Waals surface area (Å²) in [6, 6.07) is 4.73. The molecule has 0 amide bonds. The van der Waals surface area contributed by atoms with Crippen LogP contribution in [0.3, 0.4) is 0 Å². The van der Waals surface area contributed by atoms with Crippen LogP contribution < -0.4 is 4.74 Å². The normalized spacial score (nSPS) is 12.2. The second-order valence-electron chi connectivity index (χ2n) is 4.02. The van der Waals surface area contributed by atoms with Gasteiger partial charge in [0.1, 0.15) is 5.75 Å². The van der Waals surface area contributed by atoms with E-state index >= 15 is 0 Å². The van der Waals surface area contributed by atoms with Crippen LogP contribution in [0.4, 0.5) is 0 Å². The summed E-state index contributed by atoms with van der Waals surface area (Å²) in [6.45, 7) is 2.06. The summed E-state index contributed by atoms with van der Waals surface area (Å²) < 4.78 is 5.42. The largest absolute Gasteiger partial charge is 0.479 e. The molecule has 0 bridgehead atoms. The van der Waals surface area contributed by atoms with E-state index in [9.17, 15) is 4.79 Å². The number of carbonyl (C=O) groups is 1. The highest BCUT2D eigenvalue weighted by molar-refractivity contribution is 6.35. The predicted octanol–water partition coefficient (Wildman–Crippen LogP) is 4.41. The second-order valence-corrected chi connectivity index (χ2v) is 4.86. The third kappa shape index (κ3) is 4.75. The average Bonchev–Trinajstić information content (AvgIpc) is 2.30. The van der Waals surface area contributed by atoms with Crippen molar-refractivity contribution < 1.29 is 14.6 Å². The van der Waals surface area contributed by atoms with Crippen LogP contribution in [0.5, 0.6) is 5.75 Å². The van der Waals surface area contributed by atoms with E-state index in [4.69, 9.17) is 33.0 Å². The number of aliphatic carboxylic acids is 1. The average molecular weight is 291 g/mol. The molecule has 0 fully saturated rings. The Bertz CT molecular complexity index is 407. The Balaban J connectivity index is 2.67. The van der Waals surface area contributed by atoms with Crippen molar-refractivity contribution in [2.24, 2.45) is 0 Å². The van der Waals surface area contributed by atoms with Crippen molar-refractivity contribution in [2.45, 2.75) is 38.7 Å². The smallest absolute Gasteiger partial charge is 0.344 e. The van der Waals surface area contributed by atoms with Crippen molar-refractivity contribution in [3.05, 3.63) is 28.2 Å². The van der Waals surface area contributed by atoms with Gasteiger partial charge in [-0.25, -0.2) is 4.79 Å². The minimum atomic E-state index is -0.975. The number of benzene rings is 1. The fourth-order valence-electron chi connectivity index (χ4n) is 1.54. The molecule has 0 radical (unpaired) electrons. The monoisotopic (exact) mass is 290 g/mol. The Morgan fingerprint density at radius 2 is 2.11 bits per heavy atom. The lowest BCUT2D eigenvalue weighted by Gasteiger charge is -2.16. The van der Waals surface area contributed by atoms with E-state index in [1.165, 1.54) is 6.07 Å². The SMILES string of the molecule is CCCCCC(Oc1ccc(Cl)cc1Cl)C(=O)O. The minimum Gasteiger partial charge on any atom is -0.479 e. The lowest BCUT2D eigenvalue weighted by atomic mass is 10.1. The maximum atomic E-state index is 11.1. The van der Waals surface area contributed by atoms with E-state index in [0.717, 1.165) is 19.3 Å². The molecule has 0 heterocycles. The molecule has 0 aromatic heterocycles. The van der Waals surface area contributed by atoms with Crippen LogP contribution in [0.1, 0.15) is 32.6 Å². The number of unbranched alkanes of at least 4 members (excludes halogenated alkanes) is 2. The molecule has 1 atom stereocenters. The summed E-state index contributed by atoms with van der Waals surface area (Å²) in [7, 11) is 0. The molecule has 0 saturated heterocycles. The fourth-order valence-corrected chi connectivity index (χ4v) is 1.99. The first kappa shape index (κ1) is 15.1. The first-order valence-corrected chi connectivity index (χ1v) is 6.64. The zero-order valence-corrected chi connectivity index (χ0v) is 11.7. The Kier molecular flexibility index (Phi) is 6.30. The van der Waals surface area contributed by atoms with Gasteiger partial charge in [-0.2, -0.15) is 0 Å². The number of carboxylic acids is 1. The van der Waals surface area contributed by atoms with E-state index in [0.29, 0.717) is 22.2 Å². The van der Waals surface area contributed by atoms with E-state index in [-0.39, 0.29) is 0 Å². The van der Waals surface area contributed by atoms with E-state index in [2.05, 4.69) is 6.92 Å². The summed E-state index contributed by atoms with van der Waals surface area (Å²) in [6.07, 6.45) is 2.45. The van der Waals surface area contributed by atoms with Crippen molar-refractivity contribution in [3.63, 3.8) is 0 Å². The Hall–Kier alpha value is -0.930.